The highest BCUT2D eigenvalue weighted by molar-refractivity contribution is 14.0. The van der Waals surface area contributed by atoms with E-state index in [4.69, 9.17) is 0 Å². The third-order valence-corrected chi connectivity index (χ3v) is 6.81. The molecule has 2 fully saturated rings. The number of hydrogen-bond acceptors (Lipinski definition) is 4. The molecule has 7 heteroatoms. The summed E-state index contributed by atoms with van der Waals surface area (Å²) in [7, 11) is 1.88. The van der Waals surface area contributed by atoms with E-state index in [9.17, 15) is 0 Å². The van der Waals surface area contributed by atoms with Crippen LogP contribution in [0.5, 0.6) is 0 Å². The van der Waals surface area contributed by atoms with Gasteiger partial charge in [-0.15, -0.1) is 35.3 Å². The van der Waals surface area contributed by atoms with Crippen molar-refractivity contribution in [1.82, 2.24) is 15.5 Å². The monoisotopic (exact) mass is 505 g/mol. The molecule has 0 spiro atoms. The van der Waals surface area contributed by atoms with Gasteiger partial charge in [0.05, 0.1) is 5.00 Å². The number of guanidine groups is 1. The van der Waals surface area contributed by atoms with Crippen LogP contribution in [0.25, 0.3) is 0 Å². The molecule has 3 rings (SSSR count). The Hall–Kier alpha value is -0.540. The maximum Gasteiger partial charge on any atom is 0.191 e. The average molecular weight is 506 g/mol. The number of rotatable bonds is 5. The number of anilines is 1. The summed E-state index contributed by atoms with van der Waals surface area (Å²) in [6, 6.07) is 5.44. The summed E-state index contributed by atoms with van der Waals surface area (Å²) < 4.78 is 0. The summed E-state index contributed by atoms with van der Waals surface area (Å²) in [5, 5.41) is 10.7. The fourth-order valence-corrected chi connectivity index (χ4v) is 4.71. The van der Waals surface area contributed by atoms with Crippen LogP contribution in [0.2, 0.25) is 0 Å². The molecule has 27 heavy (non-hydrogen) atoms. The van der Waals surface area contributed by atoms with Gasteiger partial charge < -0.3 is 15.5 Å². The van der Waals surface area contributed by atoms with Crippen LogP contribution < -0.4 is 15.5 Å². The van der Waals surface area contributed by atoms with Crippen molar-refractivity contribution in [1.29, 1.82) is 0 Å². The molecule has 0 aliphatic carbocycles. The fourth-order valence-electron chi connectivity index (χ4n) is 3.92. The lowest BCUT2D eigenvalue weighted by atomic mass is 9.98. The summed E-state index contributed by atoms with van der Waals surface area (Å²) in [5.41, 5.74) is 0. The molecule has 0 bridgehead atoms. The van der Waals surface area contributed by atoms with E-state index in [1.165, 1.54) is 30.9 Å². The zero-order chi connectivity index (χ0) is 18.4. The highest BCUT2D eigenvalue weighted by Gasteiger charge is 2.22. The first-order chi connectivity index (χ1) is 12.7. The van der Waals surface area contributed by atoms with Crippen molar-refractivity contribution in [3.63, 3.8) is 0 Å². The lowest BCUT2D eigenvalue weighted by Gasteiger charge is -2.36. The van der Waals surface area contributed by atoms with Gasteiger partial charge in [-0.3, -0.25) is 9.89 Å². The normalized spacial score (nSPS) is 21.6. The maximum atomic E-state index is 4.44. The molecule has 1 unspecified atom stereocenters. The Labute approximate surface area is 186 Å². The SMILES string of the molecule is CN=C(NCC(C)N1CCC(C)CC1)NC1CCN(c2cccs2)CC1.I. The molecule has 154 valence electrons. The number of piperidine rings is 2. The van der Waals surface area contributed by atoms with Gasteiger partial charge >= 0.3 is 0 Å². The standard InChI is InChI=1S/C20H35N5S.HI/c1-16-6-10-24(11-7-16)17(2)15-22-20(21-3)23-18-8-12-25(13-9-18)19-5-4-14-26-19;/h4-5,14,16-18H,6-13,15H2,1-3H3,(H2,21,22,23);1H. The van der Waals surface area contributed by atoms with E-state index in [0.717, 1.165) is 44.4 Å². The molecular formula is C20H36IN5S. The molecule has 0 amide bonds. The Morgan fingerprint density at radius 3 is 2.52 bits per heavy atom. The van der Waals surface area contributed by atoms with Crippen molar-refractivity contribution in [2.24, 2.45) is 10.9 Å². The van der Waals surface area contributed by atoms with Crippen LogP contribution in [-0.4, -0.2) is 62.7 Å². The van der Waals surface area contributed by atoms with Gasteiger partial charge in [-0.1, -0.05) is 6.92 Å². The van der Waals surface area contributed by atoms with Crippen LogP contribution >= 0.6 is 35.3 Å². The molecule has 2 N–H and O–H groups in total. The molecule has 1 atom stereocenters. The second-order valence-electron chi connectivity index (χ2n) is 7.88. The molecule has 2 aliphatic heterocycles. The molecule has 5 nitrogen and oxygen atoms in total. The first kappa shape index (κ1) is 22.7. The van der Waals surface area contributed by atoms with Crippen molar-refractivity contribution in [2.75, 3.05) is 44.7 Å². The van der Waals surface area contributed by atoms with E-state index >= 15 is 0 Å². The van der Waals surface area contributed by atoms with E-state index in [1.807, 2.05) is 18.4 Å². The largest absolute Gasteiger partial charge is 0.363 e. The number of hydrogen-bond donors (Lipinski definition) is 2. The number of nitrogens with zero attached hydrogens (tertiary/aromatic N) is 3. The predicted octanol–water partition coefficient (Wildman–Crippen LogP) is 3.62. The third-order valence-electron chi connectivity index (χ3n) is 5.88. The summed E-state index contributed by atoms with van der Waals surface area (Å²) in [5.74, 6) is 1.85. The third kappa shape index (κ3) is 6.78. The van der Waals surface area contributed by atoms with Crippen LogP contribution in [0.15, 0.2) is 22.5 Å². The quantitative estimate of drug-likeness (QED) is 0.365. The minimum atomic E-state index is 0. The molecule has 0 aromatic carbocycles. The minimum absolute atomic E-state index is 0. The van der Waals surface area contributed by atoms with Gasteiger partial charge in [0, 0.05) is 38.8 Å². The minimum Gasteiger partial charge on any atom is -0.363 e. The molecule has 0 saturated carbocycles. The van der Waals surface area contributed by atoms with Crippen molar-refractivity contribution >= 4 is 46.3 Å². The van der Waals surface area contributed by atoms with Crippen LogP contribution in [0.4, 0.5) is 5.00 Å². The van der Waals surface area contributed by atoms with E-state index in [-0.39, 0.29) is 24.0 Å². The highest BCUT2D eigenvalue weighted by atomic mass is 127. The van der Waals surface area contributed by atoms with E-state index in [0.29, 0.717) is 12.1 Å². The topological polar surface area (TPSA) is 42.9 Å². The summed E-state index contributed by atoms with van der Waals surface area (Å²) in [6.07, 6.45) is 5.00. The summed E-state index contributed by atoms with van der Waals surface area (Å²) in [6.45, 7) is 10.4. The van der Waals surface area contributed by atoms with Gasteiger partial charge in [-0.25, -0.2) is 0 Å². The number of thiophene rings is 1. The summed E-state index contributed by atoms with van der Waals surface area (Å²) in [4.78, 5) is 9.55. The van der Waals surface area contributed by atoms with Gasteiger partial charge in [0.25, 0.3) is 0 Å². The van der Waals surface area contributed by atoms with Crippen molar-refractivity contribution < 1.29 is 0 Å². The Morgan fingerprint density at radius 2 is 1.93 bits per heavy atom. The van der Waals surface area contributed by atoms with Gasteiger partial charge in [0.2, 0.25) is 0 Å². The van der Waals surface area contributed by atoms with E-state index in [1.54, 1.807) is 0 Å². The zero-order valence-electron chi connectivity index (χ0n) is 17.0. The average Bonchev–Trinajstić information content (AvgIpc) is 3.20. The van der Waals surface area contributed by atoms with Crippen LogP contribution in [-0.2, 0) is 0 Å². The van der Waals surface area contributed by atoms with Gasteiger partial charge in [0.1, 0.15) is 0 Å². The van der Waals surface area contributed by atoms with E-state index in [2.05, 4.69) is 56.8 Å². The number of halogens is 1. The van der Waals surface area contributed by atoms with Crippen molar-refractivity contribution in [3.8, 4) is 0 Å². The fraction of sp³-hybridized carbons (Fsp3) is 0.750. The lowest BCUT2D eigenvalue weighted by molar-refractivity contribution is 0.147. The lowest BCUT2D eigenvalue weighted by Crippen LogP contribution is -2.51. The second-order valence-corrected chi connectivity index (χ2v) is 8.80. The molecule has 1 aromatic rings. The van der Waals surface area contributed by atoms with Gasteiger partial charge in [-0.2, -0.15) is 0 Å². The molecular weight excluding hydrogens is 469 g/mol. The molecule has 0 radical (unpaired) electrons. The Bertz CT molecular complexity index is 549. The number of likely N-dealkylation sites (tertiary alicyclic amines) is 1. The van der Waals surface area contributed by atoms with Crippen LogP contribution in [0.1, 0.15) is 39.5 Å². The maximum absolute atomic E-state index is 4.44. The van der Waals surface area contributed by atoms with Crippen LogP contribution in [0.3, 0.4) is 0 Å². The molecule has 2 saturated heterocycles. The molecule has 3 heterocycles. The Kier molecular flexibility index (Phi) is 9.65. The Balaban J connectivity index is 0.00000261. The van der Waals surface area contributed by atoms with Gasteiger partial charge in [0.15, 0.2) is 5.96 Å². The smallest absolute Gasteiger partial charge is 0.191 e. The second kappa shape index (κ2) is 11.5. The first-order valence-corrected chi connectivity index (χ1v) is 11.0. The summed E-state index contributed by atoms with van der Waals surface area (Å²) >= 11 is 1.84. The molecule has 2 aliphatic rings. The predicted molar refractivity (Wildman–Crippen MR) is 129 cm³/mol. The molecule has 1 aromatic heterocycles. The van der Waals surface area contributed by atoms with Crippen LogP contribution in [0, 0.1) is 5.92 Å². The van der Waals surface area contributed by atoms with Gasteiger partial charge in [-0.05, 0) is 69.1 Å². The number of nitrogens with one attached hydrogen (secondary N) is 2. The first-order valence-electron chi connectivity index (χ1n) is 10.2. The van der Waals surface area contributed by atoms with Crippen molar-refractivity contribution in [3.05, 3.63) is 17.5 Å². The zero-order valence-corrected chi connectivity index (χ0v) is 20.1. The highest BCUT2D eigenvalue weighted by Crippen LogP contribution is 2.24. The Morgan fingerprint density at radius 1 is 1.22 bits per heavy atom. The van der Waals surface area contributed by atoms with E-state index < -0.39 is 0 Å². The number of aliphatic imine (C=N–C) groups is 1. The van der Waals surface area contributed by atoms with Crippen molar-refractivity contribution in [2.45, 2.75) is 51.6 Å².